The molecule has 0 spiro atoms. The van der Waals surface area contributed by atoms with E-state index in [2.05, 4.69) is 0 Å². The standard InChI is InChI=1S/C16H14Cl2O5S2/c1-3-25(20,21)12-5-6-14(13(18)9-12)22-15-8-11(17)4-7-16(15)24-23-10(2)19/h4-9H,3H2,1-2H3. The van der Waals surface area contributed by atoms with Gasteiger partial charge in [0.15, 0.2) is 9.84 Å². The molecule has 0 fully saturated rings. The molecule has 0 aliphatic rings. The van der Waals surface area contributed by atoms with Crippen LogP contribution in [0.3, 0.4) is 0 Å². The molecule has 2 rings (SSSR count). The van der Waals surface area contributed by atoms with Crippen LogP contribution in [0.1, 0.15) is 13.8 Å². The summed E-state index contributed by atoms with van der Waals surface area (Å²) >= 11 is 13.0. The third kappa shape index (κ3) is 5.28. The van der Waals surface area contributed by atoms with Crippen LogP contribution < -0.4 is 4.74 Å². The second kappa shape index (κ2) is 8.31. The van der Waals surface area contributed by atoms with Gasteiger partial charge >= 0.3 is 5.97 Å². The third-order valence-corrected chi connectivity index (χ3v) is 6.11. The van der Waals surface area contributed by atoms with Gasteiger partial charge in [0.1, 0.15) is 11.5 Å². The molecule has 0 heterocycles. The molecule has 0 amide bonds. The molecule has 0 N–H and O–H groups in total. The summed E-state index contributed by atoms with van der Waals surface area (Å²) < 4.78 is 34.4. The van der Waals surface area contributed by atoms with E-state index in [9.17, 15) is 13.2 Å². The molecule has 0 radical (unpaired) electrons. The van der Waals surface area contributed by atoms with Crippen LogP contribution in [0.15, 0.2) is 46.2 Å². The Labute approximate surface area is 160 Å². The number of ether oxygens (including phenoxy) is 1. The molecule has 0 saturated heterocycles. The fourth-order valence-electron chi connectivity index (χ4n) is 1.78. The Morgan fingerprint density at radius 3 is 2.44 bits per heavy atom. The SMILES string of the molecule is CCS(=O)(=O)c1ccc(Oc2cc(Cl)ccc2SOC(C)=O)c(Cl)c1. The minimum atomic E-state index is -3.37. The zero-order valence-electron chi connectivity index (χ0n) is 13.3. The van der Waals surface area contributed by atoms with Crippen molar-refractivity contribution in [2.75, 3.05) is 5.75 Å². The molecule has 9 heteroatoms. The van der Waals surface area contributed by atoms with Crippen LogP contribution in [-0.2, 0) is 18.8 Å². The minimum absolute atomic E-state index is 0.0268. The fraction of sp³-hybridized carbons (Fsp3) is 0.188. The lowest BCUT2D eigenvalue weighted by Crippen LogP contribution is -2.03. The molecule has 0 aromatic heterocycles. The molecule has 0 saturated carbocycles. The van der Waals surface area contributed by atoms with Gasteiger partial charge in [0.2, 0.25) is 0 Å². The molecule has 25 heavy (non-hydrogen) atoms. The largest absolute Gasteiger partial charge is 0.454 e. The van der Waals surface area contributed by atoms with E-state index >= 15 is 0 Å². The monoisotopic (exact) mass is 420 g/mol. The number of hydrogen-bond donors (Lipinski definition) is 0. The van der Waals surface area contributed by atoms with E-state index in [1.165, 1.54) is 25.1 Å². The first-order chi connectivity index (χ1) is 11.7. The Morgan fingerprint density at radius 2 is 1.84 bits per heavy atom. The highest BCUT2D eigenvalue weighted by molar-refractivity contribution is 7.95. The summed E-state index contributed by atoms with van der Waals surface area (Å²) in [5.74, 6) is 0.0922. The van der Waals surface area contributed by atoms with Crippen LogP contribution in [-0.4, -0.2) is 20.1 Å². The minimum Gasteiger partial charge on any atom is -0.454 e. The van der Waals surface area contributed by atoms with Gasteiger partial charge in [0, 0.05) is 18.0 Å². The van der Waals surface area contributed by atoms with Gasteiger partial charge in [-0.2, -0.15) is 0 Å². The summed E-state index contributed by atoms with van der Waals surface area (Å²) in [5.41, 5.74) is 0. The van der Waals surface area contributed by atoms with Crippen LogP contribution in [0.5, 0.6) is 11.5 Å². The lowest BCUT2D eigenvalue weighted by molar-refractivity contribution is -0.130. The Morgan fingerprint density at radius 1 is 1.12 bits per heavy atom. The van der Waals surface area contributed by atoms with Crippen LogP contribution in [0.25, 0.3) is 0 Å². The molecule has 134 valence electrons. The van der Waals surface area contributed by atoms with E-state index in [0.29, 0.717) is 15.7 Å². The Kier molecular flexibility index (Phi) is 6.62. The molecule has 2 aromatic carbocycles. The molecular formula is C16H14Cl2O5S2. The average Bonchev–Trinajstić information content (AvgIpc) is 2.55. The smallest absolute Gasteiger partial charge is 0.315 e. The van der Waals surface area contributed by atoms with Gasteiger partial charge in [-0.25, -0.2) is 8.42 Å². The van der Waals surface area contributed by atoms with E-state index in [1.807, 2.05) is 0 Å². The van der Waals surface area contributed by atoms with E-state index in [4.69, 9.17) is 32.1 Å². The van der Waals surface area contributed by atoms with Gasteiger partial charge in [-0.1, -0.05) is 30.1 Å². The molecule has 0 aliphatic heterocycles. The molecule has 0 bridgehead atoms. The first-order valence-electron chi connectivity index (χ1n) is 7.07. The van der Waals surface area contributed by atoms with E-state index in [-0.39, 0.29) is 21.4 Å². The predicted octanol–water partition coefficient (Wildman–Crippen LogP) is 5.15. The molecule has 2 aromatic rings. The zero-order valence-corrected chi connectivity index (χ0v) is 16.4. The van der Waals surface area contributed by atoms with Gasteiger partial charge < -0.3 is 8.92 Å². The van der Waals surface area contributed by atoms with E-state index in [1.54, 1.807) is 25.1 Å². The van der Waals surface area contributed by atoms with Gasteiger partial charge in [0.25, 0.3) is 0 Å². The molecule has 0 aliphatic carbocycles. The quantitative estimate of drug-likeness (QED) is 0.601. The topological polar surface area (TPSA) is 69.7 Å². The lowest BCUT2D eigenvalue weighted by Gasteiger charge is -2.12. The molecule has 5 nitrogen and oxygen atoms in total. The number of halogens is 2. The first kappa shape index (κ1) is 19.9. The van der Waals surface area contributed by atoms with Crippen molar-refractivity contribution in [3.63, 3.8) is 0 Å². The third-order valence-electron chi connectivity index (χ3n) is 3.02. The summed E-state index contributed by atoms with van der Waals surface area (Å²) in [7, 11) is -3.37. The maximum atomic E-state index is 11.9. The fourth-order valence-corrected chi connectivity index (χ4v) is 3.64. The number of benzene rings is 2. The van der Waals surface area contributed by atoms with Gasteiger partial charge in [-0.15, -0.1) is 0 Å². The van der Waals surface area contributed by atoms with Crippen molar-refractivity contribution >= 4 is 51.1 Å². The Bertz CT molecular complexity index is 897. The highest BCUT2D eigenvalue weighted by Crippen LogP contribution is 2.38. The summed E-state index contributed by atoms with van der Waals surface area (Å²) in [5, 5.41) is 0.557. The lowest BCUT2D eigenvalue weighted by atomic mass is 10.3. The highest BCUT2D eigenvalue weighted by atomic mass is 35.5. The van der Waals surface area contributed by atoms with Crippen LogP contribution >= 0.6 is 35.2 Å². The maximum absolute atomic E-state index is 11.9. The van der Waals surface area contributed by atoms with E-state index < -0.39 is 15.8 Å². The number of carbonyl (C=O) groups is 1. The van der Waals surface area contributed by atoms with Gasteiger partial charge in [-0.3, -0.25) is 4.79 Å². The van der Waals surface area contributed by atoms with Crippen molar-refractivity contribution in [3.8, 4) is 11.5 Å². The van der Waals surface area contributed by atoms with Crippen LogP contribution in [0, 0.1) is 0 Å². The Hall–Kier alpha value is -1.41. The Balaban J connectivity index is 2.33. The number of hydrogen-bond acceptors (Lipinski definition) is 6. The summed E-state index contributed by atoms with van der Waals surface area (Å²) in [6.07, 6.45) is 0. The van der Waals surface area contributed by atoms with Gasteiger partial charge in [0.05, 0.1) is 32.6 Å². The summed E-state index contributed by atoms with van der Waals surface area (Å²) in [6, 6.07) is 9.02. The molecule has 0 unspecified atom stereocenters. The van der Waals surface area contributed by atoms with Crippen molar-refractivity contribution in [1.29, 1.82) is 0 Å². The van der Waals surface area contributed by atoms with Crippen molar-refractivity contribution in [2.45, 2.75) is 23.6 Å². The second-order valence-electron chi connectivity index (χ2n) is 4.85. The van der Waals surface area contributed by atoms with Crippen molar-refractivity contribution in [1.82, 2.24) is 0 Å². The van der Waals surface area contributed by atoms with Crippen molar-refractivity contribution in [2.24, 2.45) is 0 Å². The number of rotatable bonds is 6. The maximum Gasteiger partial charge on any atom is 0.315 e. The second-order valence-corrected chi connectivity index (χ2v) is 8.74. The van der Waals surface area contributed by atoms with Crippen LogP contribution in [0.4, 0.5) is 0 Å². The van der Waals surface area contributed by atoms with Gasteiger partial charge in [-0.05, 0) is 30.3 Å². The number of carbonyl (C=O) groups excluding carboxylic acids is 1. The number of sulfone groups is 1. The van der Waals surface area contributed by atoms with Crippen molar-refractivity contribution < 1.29 is 22.1 Å². The molecular weight excluding hydrogens is 407 g/mol. The summed E-state index contributed by atoms with van der Waals surface area (Å²) in [6.45, 7) is 2.84. The normalized spacial score (nSPS) is 11.2. The highest BCUT2D eigenvalue weighted by Gasteiger charge is 2.16. The predicted molar refractivity (Wildman–Crippen MR) is 98.3 cm³/mol. The summed E-state index contributed by atoms with van der Waals surface area (Å²) in [4.78, 5) is 11.6. The first-order valence-corrected chi connectivity index (χ1v) is 10.2. The van der Waals surface area contributed by atoms with E-state index in [0.717, 1.165) is 12.0 Å². The van der Waals surface area contributed by atoms with Crippen LogP contribution in [0.2, 0.25) is 10.0 Å². The molecule has 0 atom stereocenters. The van der Waals surface area contributed by atoms with Crippen molar-refractivity contribution in [3.05, 3.63) is 46.4 Å². The zero-order chi connectivity index (χ0) is 18.6. The average molecular weight is 421 g/mol.